The molecule has 4 rings (SSSR count). The number of carbonyl (C=O) groups excluding carboxylic acids is 1. The van der Waals surface area contributed by atoms with E-state index in [0.717, 1.165) is 35.9 Å². The fourth-order valence-electron chi connectivity index (χ4n) is 3.67. The summed E-state index contributed by atoms with van der Waals surface area (Å²) in [5.74, 6) is 0.809. The zero-order valence-electron chi connectivity index (χ0n) is 13.2. The van der Waals surface area contributed by atoms with Gasteiger partial charge in [0.25, 0.3) is 5.91 Å². The molecule has 0 spiro atoms. The number of aromatic nitrogens is 1. The first-order valence-electron chi connectivity index (χ1n) is 8.13. The summed E-state index contributed by atoms with van der Waals surface area (Å²) in [6.07, 6.45) is 3.42. The van der Waals surface area contributed by atoms with Crippen molar-refractivity contribution < 1.29 is 14.3 Å². The lowest BCUT2D eigenvalue weighted by Gasteiger charge is -2.37. The molecular weight excluding hydrogens is 292 g/mol. The maximum Gasteiger partial charge on any atom is 0.272 e. The van der Waals surface area contributed by atoms with Gasteiger partial charge in [-0.1, -0.05) is 6.07 Å². The number of methoxy groups -OCH3 is 1. The summed E-state index contributed by atoms with van der Waals surface area (Å²) < 4.78 is 11.0. The van der Waals surface area contributed by atoms with E-state index in [0.29, 0.717) is 18.8 Å². The lowest BCUT2D eigenvalue weighted by atomic mass is 10.1. The normalized spacial score (nSPS) is 23.8. The van der Waals surface area contributed by atoms with Gasteiger partial charge in [0.05, 0.1) is 31.4 Å². The number of morpholine rings is 1. The average Bonchev–Trinajstić information content (AvgIpc) is 3.08. The highest BCUT2D eigenvalue weighted by molar-refractivity contribution is 5.95. The van der Waals surface area contributed by atoms with E-state index < -0.39 is 0 Å². The summed E-state index contributed by atoms with van der Waals surface area (Å²) in [6.45, 7) is 1.28. The van der Waals surface area contributed by atoms with Crippen LogP contribution in [0.1, 0.15) is 29.8 Å². The summed E-state index contributed by atoms with van der Waals surface area (Å²) in [5, 5.41) is 0.974. The minimum atomic E-state index is 0.0166. The van der Waals surface area contributed by atoms with Gasteiger partial charge in [0.15, 0.2) is 0 Å². The molecule has 2 atom stereocenters. The van der Waals surface area contributed by atoms with E-state index >= 15 is 0 Å². The Morgan fingerprint density at radius 2 is 2.22 bits per heavy atom. The number of hydrogen-bond donors (Lipinski definition) is 0. The Kier molecular flexibility index (Phi) is 3.65. The molecule has 0 radical (unpaired) electrons. The zero-order valence-corrected chi connectivity index (χ0v) is 13.2. The molecule has 5 nitrogen and oxygen atoms in total. The van der Waals surface area contributed by atoms with Crippen LogP contribution in [0.4, 0.5) is 0 Å². The molecule has 23 heavy (non-hydrogen) atoms. The number of benzene rings is 1. The van der Waals surface area contributed by atoms with Crippen molar-refractivity contribution in [2.75, 3.05) is 20.3 Å². The van der Waals surface area contributed by atoms with Gasteiger partial charge in [-0.05, 0) is 43.5 Å². The molecule has 2 heterocycles. The van der Waals surface area contributed by atoms with Crippen LogP contribution in [-0.2, 0) is 4.74 Å². The second-order valence-electron chi connectivity index (χ2n) is 6.16. The number of ether oxygens (including phenoxy) is 2. The molecule has 1 saturated carbocycles. The topological polar surface area (TPSA) is 51.7 Å². The van der Waals surface area contributed by atoms with Crippen molar-refractivity contribution in [3.63, 3.8) is 0 Å². The van der Waals surface area contributed by atoms with Gasteiger partial charge >= 0.3 is 0 Å². The number of amides is 1. The molecule has 2 fully saturated rings. The molecule has 1 amide bonds. The van der Waals surface area contributed by atoms with Gasteiger partial charge in [-0.25, -0.2) is 4.98 Å². The van der Waals surface area contributed by atoms with Crippen molar-refractivity contribution in [2.45, 2.75) is 31.4 Å². The molecule has 1 aliphatic carbocycles. The SMILES string of the molecule is COc1ccc2nc(C(=O)N3CCO[C@H]4CCC[C@@H]43)ccc2c1. The number of nitrogens with zero attached hydrogens (tertiary/aromatic N) is 2. The molecule has 1 aromatic heterocycles. The first-order valence-corrected chi connectivity index (χ1v) is 8.13. The van der Waals surface area contributed by atoms with Crippen molar-refractivity contribution in [3.8, 4) is 5.75 Å². The molecule has 1 aliphatic heterocycles. The Labute approximate surface area is 135 Å². The average molecular weight is 312 g/mol. The number of pyridine rings is 1. The molecule has 0 unspecified atom stereocenters. The minimum absolute atomic E-state index is 0.0166. The zero-order chi connectivity index (χ0) is 15.8. The quantitative estimate of drug-likeness (QED) is 0.855. The molecule has 0 bridgehead atoms. The second-order valence-corrected chi connectivity index (χ2v) is 6.16. The highest BCUT2D eigenvalue weighted by Gasteiger charge is 2.38. The van der Waals surface area contributed by atoms with E-state index in [1.165, 1.54) is 0 Å². The van der Waals surface area contributed by atoms with Crippen LogP contribution in [0.15, 0.2) is 30.3 Å². The van der Waals surface area contributed by atoms with Crippen LogP contribution < -0.4 is 4.74 Å². The summed E-state index contributed by atoms with van der Waals surface area (Å²) in [5.41, 5.74) is 1.32. The van der Waals surface area contributed by atoms with Crippen molar-refractivity contribution in [1.82, 2.24) is 9.88 Å². The van der Waals surface area contributed by atoms with Gasteiger partial charge in [-0.2, -0.15) is 0 Å². The lowest BCUT2D eigenvalue weighted by Crippen LogP contribution is -2.51. The van der Waals surface area contributed by atoms with Gasteiger partial charge in [-0.3, -0.25) is 4.79 Å². The number of carbonyl (C=O) groups is 1. The van der Waals surface area contributed by atoms with Gasteiger partial charge in [-0.15, -0.1) is 0 Å². The van der Waals surface area contributed by atoms with E-state index in [-0.39, 0.29) is 18.1 Å². The molecule has 120 valence electrons. The largest absolute Gasteiger partial charge is 0.497 e. The van der Waals surface area contributed by atoms with Crippen LogP contribution in [-0.4, -0.2) is 48.2 Å². The molecule has 2 aromatic rings. The van der Waals surface area contributed by atoms with Crippen LogP contribution in [0.25, 0.3) is 10.9 Å². The Bertz CT molecular complexity index is 746. The van der Waals surface area contributed by atoms with Crippen molar-refractivity contribution in [3.05, 3.63) is 36.0 Å². The third-order valence-corrected chi connectivity index (χ3v) is 4.86. The molecule has 2 aliphatic rings. The van der Waals surface area contributed by atoms with Crippen LogP contribution in [0.5, 0.6) is 5.75 Å². The third kappa shape index (κ3) is 2.55. The van der Waals surface area contributed by atoms with Crippen LogP contribution in [0.2, 0.25) is 0 Å². The predicted molar refractivity (Wildman–Crippen MR) is 86.7 cm³/mol. The molecule has 0 N–H and O–H groups in total. The smallest absolute Gasteiger partial charge is 0.272 e. The highest BCUT2D eigenvalue weighted by atomic mass is 16.5. The van der Waals surface area contributed by atoms with Gasteiger partial charge in [0.1, 0.15) is 11.4 Å². The fraction of sp³-hybridized carbons (Fsp3) is 0.444. The summed E-state index contributed by atoms with van der Waals surface area (Å²) in [4.78, 5) is 19.4. The van der Waals surface area contributed by atoms with Crippen molar-refractivity contribution in [1.29, 1.82) is 0 Å². The Balaban J connectivity index is 1.64. The van der Waals surface area contributed by atoms with Crippen LogP contribution in [0, 0.1) is 0 Å². The predicted octanol–water partition coefficient (Wildman–Crippen LogP) is 2.64. The second kappa shape index (κ2) is 5.81. The Morgan fingerprint density at radius 3 is 3.09 bits per heavy atom. The highest BCUT2D eigenvalue weighted by Crippen LogP contribution is 2.30. The van der Waals surface area contributed by atoms with Gasteiger partial charge in [0, 0.05) is 11.9 Å². The number of fused-ring (bicyclic) bond motifs is 2. The molecule has 5 heteroatoms. The van der Waals surface area contributed by atoms with E-state index in [1.54, 1.807) is 7.11 Å². The van der Waals surface area contributed by atoms with Crippen LogP contribution in [0.3, 0.4) is 0 Å². The molecule has 1 saturated heterocycles. The van der Waals surface area contributed by atoms with E-state index in [2.05, 4.69) is 4.98 Å². The van der Waals surface area contributed by atoms with Crippen molar-refractivity contribution in [2.24, 2.45) is 0 Å². The van der Waals surface area contributed by atoms with E-state index in [9.17, 15) is 4.79 Å². The first kappa shape index (κ1) is 14.5. The monoisotopic (exact) mass is 312 g/mol. The molecule has 1 aromatic carbocycles. The Morgan fingerprint density at radius 1 is 1.30 bits per heavy atom. The summed E-state index contributed by atoms with van der Waals surface area (Å²) in [6, 6.07) is 9.64. The van der Waals surface area contributed by atoms with Crippen LogP contribution >= 0.6 is 0 Å². The maximum atomic E-state index is 12.9. The number of hydrogen-bond acceptors (Lipinski definition) is 4. The lowest BCUT2D eigenvalue weighted by molar-refractivity contribution is -0.0447. The first-order chi connectivity index (χ1) is 11.3. The Hall–Kier alpha value is -2.14. The fourth-order valence-corrected chi connectivity index (χ4v) is 3.67. The molecular formula is C18H20N2O3. The van der Waals surface area contributed by atoms with Gasteiger partial charge < -0.3 is 14.4 Å². The van der Waals surface area contributed by atoms with Crippen molar-refractivity contribution >= 4 is 16.8 Å². The van der Waals surface area contributed by atoms with E-state index in [1.807, 2.05) is 35.2 Å². The van der Waals surface area contributed by atoms with E-state index in [4.69, 9.17) is 9.47 Å². The standard InChI is InChI=1S/C18H20N2O3/c1-22-13-6-8-14-12(11-13)5-7-15(19-14)18(21)20-9-10-23-17-4-2-3-16(17)20/h5-8,11,16-17H,2-4,9-10H2,1H3/t16-,17-/m0/s1. The maximum absolute atomic E-state index is 12.9. The third-order valence-electron chi connectivity index (χ3n) is 4.86. The number of rotatable bonds is 2. The minimum Gasteiger partial charge on any atom is -0.497 e. The van der Waals surface area contributed by atoms with Gasteiger partial charge in [0.2, 0.25) is 0 Å². The summed E-state index contributed by atoms with van der Waals surface area (Å²) >= 11 is 0. The summed E-state index contributed by atoms with van der Waals surface area (Å²) in [7, 11) is 1.64.